The van der Waals surface area contributed by atoms with Crippen LogP contribution in [0.2, 0.25) is 0 Å². The monoisotopic (exact) mass is 276 g/mol. The largest absolute Gasteiger partial charge is 0.347 e. The minimum absolute atomic E-state index is 0.0390. The number of hydrogen-bond donors (Lipinski definition) is 0. The highest BCUT2D eigenvalue weighted by molar-refractivity contribution is 5.92. The van der Waals surface area contributed by atoms with Crippen molar-refractivity contribution < 1.29 is 4.79 Å². The minimum atomic E-state index is 0.0390. The zero-order chi connectivity index (χ0) is 14.7. The van der Waals surface area contributed by atoms with E-state index >= 15 is 0 Å². The molecular formula is C15H24N4O. The summed E-state index contributed by atoms with van der Waals surface area (Å²) in [5.41, 5.74) is 1.44. The molecule has 0 aromatic carbocycles. The van der Waals surface area contributed by atoms with Crippen LogP contribution in [0.25, 0.3) is 0 Å². The Labute approximate surface area is 121 Å². The minimum Gasteiger partial charge on any atom is -0.347 e. The van der Waals surface area contributed by atoms with Crippen molar-refractivity contribution >= 4 is 11.9 Å². The van der Waals surface area contributed by atoms with E-state index in [0.717, 1.165) is 31.6 Å². The number of piperidine rings is 1. The highest BCUT2D eigenvalue weighted by Gasteiger charge is 2.21. The van der Waals surface area contributed by atoms with Gasteiger partial charge in [0.05, 0.1) is 0 Å². The van der Waals surface area contributed by atoms with Crippen LogP contribution < -0.4 is 4.90 Å². The molecule has 110 valence electrons. The van der Waals surface area contributed by atoms with Gasteiger partial charge in [-0.3, -0.25) is 4.79 Å². The molecule has 1 aliphatic rings. The molecule has 20 heavy (non-hydrogen) atoms. The second-order valence-corrected chi connectivity index (χ2v) is 5.88. The quantitative estimate of drug-likeness (QED) is 0.850. The van der Waals surface area contributed by atoms with Crippen molar-refractivity contribution in [1.82, 2.24) is 14.9 Å². The molecule has 0 bridgehead atoms. The Morgan fingerprint density at radius 3 is 2.40 bits per heavy atom. The van der Waals surface area contributed by atoms with Gasteiger partial charge in [0.25, 0.3) is 5.91 Å². The topological polar surface area (TPSA) is 49.3 Å². The van der Waals surface area contributed by atoms with E-state index < -0.39 is 0 Å². The standard InChI is InChI=1S/C15H24N4O/c1-11(2)12-10-13(17-15(16-12)18(3)4)14(20)19-8-6-5-7-9-19/h10-11H,5-9H2,1-4H3. The summed E-state index contributed by atoms with van der Waals surface area (Å²) < 4.78 is 0. The Bertz CT molecular complexity index is 453. The lowest BCUT2D eigenvalue weighted by Crippen LogP contribution is -2.36. The third kappa shape index (κ3) is 3.26. The highest BCUT2D eigenvalue weighted by atomic mass is 16.2. The molecule has 5 heteroatoms. The van der Waals surface area contributed by atoms with Crippen molar-refractivity contribution in [3.8, 4) is 0 Å². The zero-order valence-electron chi connectivity index (χ0n) is 12.9. The summed E-state index contributed by atoms with van der Waals surface area (Å²) in [5.74, 6) is 0.929. The van der Waals surface area contributed by atoms with E-state index in [1.54, 1.807) is 0 Å². The Morgan fingerprint density at radius 2 is 1.85 bits per heavy atom. The van der Waals surface area contributed by atoms with Gasteiger partial charge in [0, 0.05) is 32.9 Å². The van der Waals surface area contributed by atoms with Crippen LogP contribution in [0.4, 0.5) is 5.95 Å². The first-order valence-electron chi connectivity index (χ1n) is 7.34. The maximum atomic E-state index is 12.6. The Morgan fingerprint density at radius 1 is 1.20 bits per heavy atom. The first-order valence-corrected chi connectivity index (χ1v) is 7.34. The average molecular weight is 276 g/mol. The van der Waals surface area contributed by atoms with Crippen molar-refractivity contribution in [3.05, 3.63) is 17.5 Å². The Kier molecular flexibility index (Phi) is 4.57. The third-order valence-corrected chi connectivity index (χ3v) is 3.59. The second-order valence-electron chi connectivity index (χ2n) is 5.88. The fourth-order valence-electron chi connectivity index (χ4n) is 2.32. The number of rotatable bonds is 3. The molecule has 0 N–H and O–H groups in total. The van der Waals surface area contributed by atoms with Gasteiger partial charge in [0.1, 0.15) is 5.69 Å². The van der Waals surface area contributed by atoms with Crippen LogP contribution in [0, 0.1) is 0 Å². The molecule has 0 radical (unpaired) electrons. The first kappa shape index (κ1) is 14.8. The van der Waals surface area contributed by atoms with Crippen LogP contribution in [0.3, 0.4) is 0 Å². The Hall–Kier alpha value is -1.65. The molecule has 2 heterocycles. The molecule has 1 aliphatic heterocycles. The summed E-state index contributed by atoms with van der Waals surface area (Å²) >= 11 is 0. The van der Waals surface area contributed by atoms with Gasteiger partial charge in [-0.15, -0.1) is 0 Å². The van der Waals surface area contributed by atoms with E-state index in [0.29, 0.717) is 11.6 Å². The van der Waals surface area contributed by atoms with Crippen molar-refractivity contribution in [2.24, 2.45) is 0 Å². The van der Waals surface area contributed by atoms with Gasteiger partial charge in [0.15, 0.2) is 0 Å². The predicted octanol–water partition coefficient (Wildman–Crippen LogP) is 2.29. The number of carbonyl (C=O) groups excluding carboxylic acids is 1. The maximum absolute atomic E-state index is 12.6. The molecule has 1 amide bonds. The molecule has 5 nitrogen and oxygen atoms in total. The van der Waals surface area contributed by atoms with Crippen LogP contribution >= 0.6 is 0 Å². The second kappa shape index (κ2) is 6.20. The normalized spacial score (nSPS) is 15.6. The van der Waals surface area contributed by atoms with E-state index in [1.807, 2.05) is 30.0 Å². The van der Waals surface area contributed by atoms with Crippen molar-refractivity contribution in [3.63, 3.8) is 0 Å². The van der Waals surface area contributed by atoms with Gasteiger partial charge in [0.2, 0.25) is 5.95 Å². The van der Waals surface area contributed by atoms with Crippen LogP contribution in [-0.2, 0) is 0 Å². The lowest BCUT2D eigenvalue weighted by Gasteiger charge is -2.26. The third-order valence-electron chi connectivity index (χ3n) is 3.59. The van der Waals surface area contributed by atoms with E-state index in [2.05, 4.69) is 23.8 Å². The van der Waals surface area contributed by atoms with Crippen LogP contribution in [0.1, 0.15) is 55.2 Å². The average Bonchev–Trinajstić information content (AvgIpc) is 2.46. The van der Waals surface area contributed by atoms with E-state index in [4.69, 9.17) is 0 Å². The number of amides is 1. The molecule has 0 atom stereocenters. The summed E-state index contributed by atoms with van der Waals surface area (Å²) in [6.45, 7) is 5.85. The van der Waals surface area contributed by atoms with Gasteiger partial charge >= 0.3 is 0 Å². The van der Waals surface area contributed by atoms with Crippen molar-refractivity contribution in [2.75, 3.05) is 32.1 Å². The number of aromatic nitrogens is 2. The summed E-state index contributed by atoms with van der Waals surface area (Å²) in [6, 6.07) is 1.84. The van der Waals surface area contributed by atoms with E-state index in [9.17, 15) is 4.79 Å². The molecular weight excluding hydrogens is 252 g/mol. The van der Waals surface area contributed by atoms with Crippen LogP contribution in [0.15, 0.2) is 6.07 Å². The molecule has 1 aromatic heterocycles. The fourth-order valence-corrected chi connectivity index (χ4v) is 2.32. The zero-order valence-corrected chi connectivity index (χ0v) is 12.9. The first-order chi connectivity index (χ1) is 9.49. The van der Waals surface area contributed by atoms with Gasteiger partial charge < -0.3 is 9.80 Å². The summed E-state index contributed by atoms with van der Waals surface area (Å²) in [7, 11) is 3.79. The molecule has 1 aromatic rings. The molecule has 0 spiro atoms. The number of hydrogen-bond acceptors (Lipinski definition) is 4. The fraction of sp³-hybridized carbons (Fsp3) is 0.667. The lowest BCUT2D eigenvalue weighted by molar-refractivity contribution is 0.0718. The van der Waals surface area contributed by atoms with Gasteiger partial charge in [-0.1, -0.05) is 13.8 Å². The van der Waals surface area contributed by atoms with Crippen molar-refractivity contribution in [2.45, 2.75) is 39.0 Å². The van der Waals surface area contributed by atoms with Gasteiger partial charge in [-0.25, -0.2) is 9.97 Å². The number of anilines is 1. The predicted molar refractivity (Wildman–Crippen MR) is 80.2 cm³/mol. The van der Waals surface area contributed by atoms with Crippen molar-refractivity contribution in [1.29, 1.82) is 0 Å². The maximum Gasteiger partial charge on any atom is 0.272 e. The smallest absolute Gasteiger partial charge is 0.272 e. The molecule has 2 rings (SSSR count). The molecule has 1 fully saturated rings. The molecule has 0 unspecified atom stereocenters. The molecule has 0 aliphatic carbocycles. The summed E-state index contributed by atoms with van der Waals surface area (Å²) in [5, 5.41) is 0. The number of nitrogens with zero attached hydrogens (tertiary/aromatic N) is 4. The lowest BCUT2D eigenvalue weighted by atomic mass is 10.1. The Balaban J connectivity index is 2.31. The summed E-state index contributed by atoms with van der Waals surface area (Å²) in [6.07, 6.45) is 3.40. The molecule has 0 saturated carbocycles. The van der Waals surface area contributed by atoms with Gasteiger partial charge in [-0.05, 0) is 31.2 Å². The van der Waals surface area contributed by atoms with E-state index in [1.165, 1.54) is 6.42 Å². The van der Waals surface area contributed by atoms with Gasteiger partial charge in [-0.2, -0.15) is 0 Å². The van der Waals surface area contributed by atoms with E-state index in [-0.39, 0.29) is 11.8 Å². The molecule has 1 saturated heterocycles. The van der Waals surface area contributed by atoms with Crippen LogP contribution in [-0.4, -0.2) is 48.0 Å². The SMILES string of the molecule is CC(C)c1cc(C(=O)N2CCCCC2)nc(N(C)C)n1. The summed E-state index contributed by atoms with van der Waals surface area (Å²) in [4.78, 5) is 25.2. The van der Waals surface area contributed by atoms with Crippen LogP contribution in [0.5, 0.6) is 0 Å². The number of likely N-dealkylation sites (tertiary alicyclic amines) is 1. The number of carbonyl (C=O) groups is 1. The highest BCUT2D eigenvalue weighted by Crippen LogP contribution is 2.18.